The van der Waals surface area contributed by atoms with Crippen molar-refractivity contribution in [3.8, 4) is 0 Å². The van der Waals surface area contributed by atoms with E-state index in [2.05, 4.69) is 13.8 Å². The molecule has 0 N–H and O–H groups in total. The Hall–Kier alpha value is -0.500. The predicted molar refractivity (Wildman–Crippen MR) is 208 cm³/mol. The topological polar surface area (TPSA) is 94.1 Å². The Balaban J connectivity index is 4.05. The summed E-state index contributed by atoms with van der Waals surface area (Å²) in [5.74, 6) is -0.335. The molecule has 300 valence electrons. The summed E-state index contributed by atoms with van der Waals surface area (Å²) >= 11 is 0. The van der Waals surface area contributed by atoms with Crippen LogP contribution >= 0.6 is 7.82 Å². The standard InChI is InChI=1S/C41H84NO7P/c1-6-8-10-12-14-16-17-18-19-20-21-22-23-24-25-26-27-29-31-33-36-46-38-40(39-48-50(44,45)47-37-35-42(3,4)5)49-41(43)34-32-30-28-15-13-11-9-7-2/h40H,6-39H2,1-5H3. The molecule has 0 aromatic carbocycles. The normalized spacial score (nSPS) is 13.8. The van der Waals surface area contributed by atoms with Gasteiger partial charge in [-0.3, -0.25) is 9.36 Å². The average Bonchev–Trinajstić information content (AvgIpc) is 3.06. The maximum Gasteiger partial charge on any atom is 0.306 e. The first-order chi connectivity index (χ1) is 24.1. The van der Waals surface area contributed by atoms with Gasteiger partial charge in [0.25, 0.3) is 7.82 Å². The first kappa shape index (κ1) is 49.5. The number of nitrogens with zero attached hydrogens (tertiary/aromatic N) is 1. The second-order valence-corrected chi connectivity index (χ2v) is 17.1. The van der Waals surface area contributed by atoms with Gasteiger partial charge in [0.05, 0.1) is 34.4 Å². The van der Waals surface area contributed by atoms with E-state index >= 15 is 0 Å². The summed E-state index contributed by atoms with van der Waals surface area (Å²) in [6.45, 7) is 5.42. The van der Waals surface area contributed by atoms with E-state index in [1.807, 2.05) is 21.1 Å². The van der Waals surface area contributed by atoms with Crippen LogP contribution in [0.25, 0.3) is 0 Å². The molecule has 0 bridgehead atoms. The monoisotopic (exact) mass is 734 g/mol. The molecule has 0 aromatic heterocycles. The summed E-state index contributed by atoms with van der Waals surface area (Å²) in [6, 6.07) is 0. The molecule has 0 amide bonds. The molecule has 0 spiro atoms. The van der Waals surface area contributed by atoms with Gasteiger partial charge >= 0.3 is 5.97 Å². The quantitative estimate of drug-likeness (QED) is 0.0268. The lowest BCUT2D eigenvalue weighted by Crippen LogP contribution is -2.37. The minimum atomic E-state index is -4.51. The largest absolute Gasteiger partial charge is 0.756 e. The van der Waals surface area contributed by atoms with Crippen LogP contribution in [0.1, 0.15) is 200 Å². The molecule has 0 saturated heterocycles. The van der Waals surface area contributed by atoms with Crippen LogP contribution in [0.2, 0.25) is 0 Å². The van der Waals surface area contributed by atoms with Crippen molar-refractivity contribution >= 4 is 13.8 Å². The van der Waals surface area contributed by atoms with E-state index in [4.69, 9.17) is 18.5 Å². The molecule has 0 saturated carbocycles. The molecule has 8 nitrogen and oxygen atoms in total. The van der Waals surface area contributed by atoms with Crippen LogP contribution in [0.3, 0.4) is 0 Å². The molecule has 0 rings (SSSR count). The number of likely N-dealkylation sites (N-methyl/N-ethyl adjacent to an activating group) is 1. The molecular formula is C41H84NO7P. The number of carbonyl (C=O) groups excluding carboxylic acids is 1. The fraction of sp³-hybridized carbons (Fsp3) is 0.976. The van der Waals surface area contributed by atoms with Gasteiger partial charge in [-0.2, -0.15) is 0 Å². The fourth-order valence-electron chi connectivity index (χ4n) is 6.08. The second-order valence-electron chi connectivity index (χ2n) is 15.7. The summed E-state index contributed by atoms with van der Waals surface area (Å²) < 4.78 is 34.4. The molecule has 0 aliphatic rings. The Kier molecular flexibility index (Phi) is 35.2. The number of hydrogen-bond acceptors (Lipinski definition) is 7. The molecule has 0 radical (unpaired) electrons. The fourth-order valence-corrected chi connectivity index (χ4v) is 6.81. The maximum atomic E-state index is 12.5. The maximum absolute atomic E-state index is 12.5. The van der Waals surface area contributed by atoms with E-state index in [1.54, 1.807) is 0 Å². The van der Waals surface area contributed by atoms with Gasteiger partial charge < -0.3 is 27.9 Å². The summed E-state index contributed by atoms with van der Waals surface area (Å²) in [5, 5.41) is 0. The third-order valence-electron chi connectivity index (χ3n) is 9.41. The first-order valence-electron chi connectivity index (χ1n) is 21.3. The highest BCUT2D eigenvalue weighted by Gasteiger charge is 2.20. The minimum absolute atomic E-state index is 0.0309. The average molecular weight is 734 g/mol. The van der Waals surface area contributed by atoms with Crippen molar-refractivity contribution in [1.29, 1.82) is 0 Å². The first-order valence-corrected chi connectivity index (χ1v) is 22.7. The summed E-state index contributed by atoms with van der Waals surface area (Å²) in [6.07, 6.45) is 35.5. The Labute approximate surface area is 310 Å². The molecule has 0 aliphatic carbocycles. The zero-order valence-electron chi connectivity index (χ0n) is 33.9. The van der Waals surface area contributed by atoms with Gasteiger partial charge in [-0.25, -0.2) is 0 Å². The van der Waals surface area contributed by atoms with Gasteiger partial charge in [-0.15, -0.1) is 0 Å². The highest BCUT2D eigenvalue weighted by Crippen LogP contribution is 2.38. The van der Waals surface area contributed by atoms with Gasteiger partial charge in [-0.1, -0.05) is 181 Å². The molecule has 2 unspecified atom stereocenters. The van der Waals surface area contributed by atoms with Crippen molar-refractivity contribution in [2.75, 3.05) is 54.1 Å². The molecule has 0 heterocycles. The Morgan fingerprint density at radius 3 is 1.32 bits per heavy atom. The third kappa shape index (κ3) is 38.7. The van der Waals surface area contributed by atoms with Crippen molar-refractivity contribution in [3.63, 3.8) is 0 Å². The molecule has 0 fully saturated rings. The third-order valence-corrected chi connectivity index (χ3v) is 10.4. The number of esters is 1. The lowest BCUT2D eigenvalue weighted by molar-refractivity contribution is -0.870. The lowest BCUT2D eigenvalue weighted by Gasteiger charge is -2.28. The van der Waals surface area contributed by atoms with Crippen LogP contribution in [0.15, 0.2) is 0 Å². The van der Waals surface area contributed by atoms with E-state index in [-0.39, 0.29) is 25.8 Å². The SMILES string of the molecule is CCCCCCCCCCCCCCCCCCCCCCOCC(COP(=O)([O-])OCC[N+](C)(C)C)OC(=O)CCCCCCCCCC. The number of phosphoric acid groups is 1. The number of ether oxygens (including phenoxy) is 2. The zero-order valence-corrected chi connectivity index (χ0v) is 34.8. The van der Waals surface area contributed by atoms with Crippen molar-refractivity contribution in [2.24, 2.45) is 0 Å². The van der Waals surface area contributed by atoms with Crippen LogP contribution in [0.5, 0.6) is 0 Å². The number of unbranched alkanes of at least 4 members (excludes halogenated alkanes) is 26. The Morgan fingerprint density at radius 1 is 0.540 bits per heavy atom. The number of carbonyl (C=O) groups is 1. The van der Waals surface area contributed by atoms with Gasteiger partial charge in [0, 0.05) is 13.0 Å². The highest BCUT2D eigenvalue weighted by atomic mass is 31.2. The summed E-state index contributed by atoms with van der Waals surface area (Å²) in [5.41, 5.74) is 0. The van der Waals surface area contributed by atoms with Crippen LogP contribution in [0, 0.1) is 0 Å². The molecular weight excluding hydrogens is 649 g/mol. The minimum Gasteiger partial charge on any atom is -0.756 e. The molecule has 9 heteroatoms. The van der Waals surface area contributed by atoms with Gasteiger partial charge in [0.15, 0.2) is 0 Å². The van der Waals surface area contributed by atoms with E-state index in [0.29, 0.717) is 24.1 Å². The molecule has 2 atom stereocenters. The van der Waals surface area contributed by atoms with E-state index in [9.17, 15) is 14.3 Å². The van der Waals surface area contributed by atoms with E-state index in [0.717, 1.165) is 32.1 Å². The van der Waals surface area contributed by atoms with Crippen molar-refractivity contribution in [3.05, 3.63) is 0 Å². The van der Waals surface area contributed by atoms with Crippen molar-refractivity contribution in [1.82, 2.24) is 0 Å². The van der Waals surface area contributed by atoms with E-state index in [1.165, 1.54) is 148 Å². The number of hydrogen-bond donors (Lipinski definition) is 0. The summed E-state index contributed by atoms with van der Waals surface area (Å²) in [4.78, 5) is 24.9. The second kappa shape index (κ2) is 35.5. The predicted octanol–water partition coefficient (Wildman–Crippen LogP) is 11.5. The molecule has 0 aliphatic heterocycles. The van der Waals surface area contributed by atoms with Gasteiger partial charge in [-0.05, 0) is 12.8 Å². The highest BCUT2D eigenvalue weighted by molar-refractivity contribution is 7.45. The van der Waals surface area contributed by atoms with Crippen LogP contribution in [0.4, 0.5) is 0 Å². The number of quaternary nitrogens is 1. The van der Waals surface area contributed by atoms with Gasteiger partial charge in [0.1, 0.15) is 19.3 Å². The zero-order chi connectivity index (χ0) is 37.0. The van der Waals surface area contributed by atoms with Crippen molar-refractivity contribution < 1.29 is 37.3 Å². The van der Waals surface area contributed by atoms with Crippen LogP contribution in [-0.2, 0) is 27.9 Å². The lowest BCUT2D eigenvalue weighted by atomic mass is 10.0. The smallest absolute Gasteiger partial charge is 0.306 e. The number of rotatable bonds is 40. The number of phosphoric ester groups is 1. The summed E-state index contributed by atoms with van der Waals surface area (Å²) in [7, 11) is 1.37. The van der Waals surface area contributed by atoms with Crippen LogP contribution in [-0.4, -0.2) is 70.7 Å². The van der Waals surface area contributed by atoms with Crippen molar-refractivity contribution in [2.45, 2.75) is 206 Å². The van der Waals surface area contributed by atoms with Crippen LogP contribution < -0.4 is 4.89 Å². The molecule has 50 heavy (non-hydrogen) atoms. The van der Waals surface area contributed by atoms with Gasteiger partial charge in [0.2, 0.25) is 0 Å². The van der Waals surface area contributed by atoms with E-state index < -0.39 is 13.9 Å². The Morgan fingerprint density at radius 2 is 0.920 bits per heavy atom. The Bertz CT molecular complexity index is 777. The molecule has 0 aromatic rings.